The molecular formula is C14H9F3N2OS. The number of halogens is 3. The van der Waals surface area contributed by atoms with E-state index in [2.05, 4.69) is 17.5 Å². The summed E-state index contributed by atoms with van der Waals surface area (Å²) in [4.78, 5) is 11.7. The SMILES string of the molecule is NC(=S)c1cc(NC(=O)c2cc(F)ccc2F)ccc1F. The van der Waals surface area contributed by atoms with Gasteiger partial charge in [0.1, 0.15) is 22.4 Å². The highest BCUT2D eigenvalue weighted by molar-refractivity contribution is 7.80. The van der Waals surface area contributed by atoms with E-state index in [1.54, 1.807) is 0 Å². The van der Waals surface area contributed by atoms with Crippen molar-refractivity contribution in [1.29, 1.82) is 0 Å². The highest BCUT2D eigenvalue weighted by Crippen LogP contribution is 2.17. The van der Waals surface area contributed by atoms with Gasteiger partial charge in [0.05, 0.1) is 5.56 Å². The van der Waals surface area contributed by atoms with Gasteiger partial charge < -0.3 is 11.1 Å². The summed E-state index contributed by atoms with van der Waals surface area (Å²) in [5.41, 5.74) is 4.98. The molecule has 0 unspecified atom stereocenters. The molecule has 108 valence electrons. The van der Waals surface area contributed by atoms with Crippen molar-refractivity contribution < 1.29 is 18.0 Å². The molecular weight excluding hydrogens is 301 g/mol. The Kier molecular flexibility index (Phi) is 4.23. The number of rotatable bonds is 3. The smallest absolute Gasteiger partial charge is 0.258 e. The fourth-order valence-corrected chi connectivity index (χ4v) is 1.82. The Morgan fingerprint density at radius 2 is 1.62 bits per heavy atom. The quantitative estimate of drug-likeness (QED) is 0.857. The van der Waals surface area contributed by atoms with Crippen molar-refractivity contribution >= 4 is 28.8 Å². The summed E-state index contributed by atoms with van der Waals surface area (Å²) < 4.78 is 39.9. The van der Waals surface area contributed by atoms with Crippen molar-refractivity contribution in [2.24, 2.45) is 5.73 Å². The molecule has 0 aliphatic carbocycles. The molecule has 0 saturated heterocycles. The number of thiocarbonyl (C=S) groups is 1. The van der Waals surface area contributed by atoms with Crippen LogP contribution in [0.1, 0.15) is 15.9 Å². The lowest BCUT2D eigenvalue weighted by Gasteiger charge is -2.08. The van der Waals surface area contributed by atoms with Crippen molar-refractivity contribution in [1.82, 2.24) is 0 Å². The van der Waals surface area contributed by atoms with Gasteiger partial charge in [0.15, 0.2) is 0 Å². The topological polar surface area (TPSA) is 55.1 Å². The summed E-state index contributed by atoms with van der Waals surface area (Å²) in [5.74, 6) is -3.13. The number of hydrogen-bond donors (Lipinski definition) is 2. The molecule has 2 aromatic carbocycles. The van der Waals surface area contributed by atoms with Crippen molar-refractivity contribution in [2.75, 3.05) is 5.32 Å². The van der Waals surface area contributed by atoms with Crippen LogP contribution >= 0.6 is 12.2 Å². The minimum Gasteiger partial charge on any atom is -0.389 e. The third kappa shape index (κ3) is 3.38. The van der Waals surface area contributed by atoms with Crippen LogP contribution in [0.15, 0.2) is 36.4 Å². The molecule has 0 radical (unpaired) electrons. The predicted molar refractivity (Wildman–Crippen MR) is 76.6 cm³/mol. The Bertz CT molecular complexity index is 734. The summed E-state index contributed by atoms with van der Waals surface area (Å²) in [6.07, 6.45) is 0. The van der Waals surface area contributed by atoms with Gasteiger partial charge in [0.25, 0.3) is 5.91 Å². The largest absolute Gasteiger partial charge is 0.389 e. The molecule has 0 aliphatic heterocycles. The summed E-state index contributed by atoms with van der Waals surface area (Å²) in [6.45, 7) is 0. The summed E-state index contributed by atoms with van der Waals surface area (Å²) in [7, 11) is 0. The Balaban J connectivity index is 2.29. The minimum atomic E-state index is -0.870. The van der Waals surface area contributed by atoms with Crippen LogP contribution in [-0.2, 0) is 0 Å². The number of carbonyl (C=O) groups is 1. The molecule has 3 nitrogen and oxygen atoms in total. The molecule has 3 N–H and O–H groups in total. The molecule has 21 heavy (non-hydrogen) atoms. The summed E-state index contributed by atoms with van der Waals surface area (Å²) >= 11 is 4.67. The van der Waals surface area contributed by atoms with E-state index < -0.39 is 28.9 Å². The first kappa shape index (κ1) is 15.0. The highest BCUT2D eigenvalue weighted by atomic mass is 32.1. The van der Waals surface area contributed by atoms with Crippen molar-refractivity contribution in [2.45, 2.75) is 0 Å². The average molecular weight is 310 g/mol. The van der Waals surface area contributed by atoms with Crippen LogP contribution < -0.4 is 11.1 Å². The minimum absolute atomic E-state index is 0.0532. The van der Waals surface area contributed by atoms with E-state index in [0.29, 0.717) is 0 Å². The molecule has 2 rings (SSSR count). The Morgan fingerprint density at radius 3 is 2.29 bits per heavy atom. The Morgan fingerprint density at radius 1 is 1.00 bits per heavy atom. The molecule has 0 atom stereocenters. The van der Waals surface area contributed by atoms with Crippen molar-refractivity contribution in [3.8, 4) is 0 Å². The van der Waals surface area contributed by atoms with Crippen LogP contribution in [0.4, 0.5) is 18.9 Å². The van der Waals surface area contributed by atoms with Gasteiger partial charge in [-0.15, -0.1) is 0 Å². The predicted octanol–water partition coefficient (Wildman–Crippen LogP) is 2.99. The molecule has 0 saturated carbocycles. The third-order valence-corrected chi connectivity index (χ3v) is 2.88. The number of nitrogens with two attached hydrogens (primary N) is 1. The summed E-state index contributed by atoms with van der Waals surface area (Å²) in [5, 5.41) is 2.32. The zero-order valence-corrected chi connectivity index (χ0v) is 11.3. The van der Waals surface area contributed by atoms with Gasteiger partial charge in [-0.1, -0.05) is 12.2 Å². The normalized spacial score (nSPS) is 10.2. The molecule has 0 spiro atoms. The van der Waals surface area contributed by atoms with Crippen LogP contribution in [0.3, 0.4) is 0 Å². The van der Waals surface area contributed by atoms with E-state index in [-0.39, 0.29) is 16.2 Å². The summed E-state index contributed by atoms with van der Waals surface area (Å²) in [6, 6.07) is 6.04. The van der Waals surface area contributed by atoms with E-state index in [9.17, 15) is 18.0 Å². The van der Waals surface area contributed by atoms with Crippen molar-refractivity contribution in [3.05, 3.63) is 65.0 Å². The monoisotopic (exact) mass is 310 g/mol. The molecule has 0 bridgehead atoms. The van der Waals surface area contributed by atoms with Gasteiger partial charge in [-0.3, -0.25) is 4.79 Å². The van der Waals surface area contributed by atoms with Gasteiger partial charge in [0.2, 0.25) is 0 Å². The van der Waals surface area contributed by atoms with E-state index in [0.717, 1.165) is 24.3 Å². The average Bonchev–Trinajstić information content (AvgIpc) is 2.43. The number of amides is 1. The molecule has 2 aromatic rings. The van der Waals surface area contributed by atoms with Crippen LogP contribution in [0, 0.1) is 17.5 Å². The lowest BCUT2D eigenvalue weighted by Crippen LogP contribution is -2.16. The second-order valence-corrected chi connectivity index (χ2v) is 4.58. The van der Waals surface area contributed by atoms with Gasteiger partial charge in [0, 0.05) is 11.3 Å². The molecule has 1 amide bonds. The van der Waals surface area contributed by atoms with Gasteiger partial charge >= 0.3 is 0 Å². The molecule has 0 aliphatic rings. The van der Waals surface area contributed by atoms with Crippen LogP contribution in [0.5, 0.6) is 0 Å². The number of hydrogen-bond acceptors (Lipinski definition) is 2. The van der Waals surface area contributed by atoms with Gasteiger partial charge in [-0.25, -0.2) is 13.2 Å². The van der Waals surface area contributed by atoms with Crippen LogP contribution in [0.25, 0.3) is 0 Å². The van der Waals surface area contributed by atoms with E-state index in [4.69, 9.17) is 5.73 Å². The molecule has 0 heterocycles. The van der Waals surface area contributed by atoms with E-state index in [1.165, 1.54) is 12.1 Å². The van der Waals surface area contributed by atoms with Crippen LogP contribution in [-0.4, -0.2) is 10.9 Å². The fourth-order valence-electron chi connectivity index (χ4n) is 1.66. The Labute approximate surface area is 123 Å². The first-order chi connectivity index (χ1) is 9.88. The van der Waals surface area contributed by atoms with Gasteiger partial charge in [-0.2, -0.15) is 0 Å². The number of anilines is 1. The Hall–Kier alpha value is -2.41. The van der Waals surface area contributed by atoms with E-state index >= 15 is 0 Å². The lowest BCUT2D eigenvalue weighted by molar-refractivity contribution is 0.102. The first-order valence-electron chi connectivity index (χ1n) is 5.74. The number of benzene rings is 2. The maximum Gasteiger partial charge on any atom is 0.258 e. The third-order valence-electron chi connectivity index (χ3n) is 2.66. The second-order valence-electron chi connectivity index (χ2n) is 4.14. The van der Waals surface area contributed by atoms with Crippen molar-refractivity contribution in [3.63, 3.8) is 0 Å². The number of nitrogens with one attached hydrogen (secondary N) is 1. The molecule has 7 heteroatoms. The maximum atomic E-state index is 13.5. The fraction of sp³-hybridized carbons (Fsp3) is 0. The molecule has 0 aromatic heterocycles. The highest BCUT2D eigenvalue weighted by Gasteiger charge is 2.14. The van der Waals surface area contributed by atoms with Gasteiger partial charge in [-0.05, 0) is 36.4 Å². The zero-order valence-electron chi connectivity index (χ0n) is 10.5. The number of carbonyl (C=O) groups excluding carboxylic acids is 1. The van der Waals surface area contributed by atoms with E-state index in [1.807, 2.05) is 0 Å². The second kappa shape index (κ2) is 5.92. The van der Waals surface area contributed by atoms with Crippen LogP contribution in [0.2, 0.25) is 0 Å². The first-order valence-corrected chi connectivity index (χ1v) is 6.15. The maximum absolute atomic E-state index is 13.5. The zero-order chi connectivity index (χ0) is 15.6. The standard InChI is InChI=1S/C14H9F3N2OS/c15-7-1-3-12(17)10(5-7)14(20)19-8-2-4-11(16)9(6-8)13(18)21/h1-6H,(H2,18,21)(H,19,20). The lowest BCUT2D eigenvalue weighted by atomic mass is 10.1. The molecule has 0 fully saturated rings.